The van der Waals surface area contributed by atoms with Gasteiger partial charge in [0, 0.05) is 12.6 Å². The molecule has 0 aliphatic carbocycles. The van der Waals surface area contributed by atoms with E-state index in [0.29, 0.717) is 11.4 Å². The highest BCUT2D eigenvalue weighted by molar-refractivity contribution is 7.13. The Morgan fingerprint density at radius 1 is 1.48 bits per heavy atom. The minimum absolute atomic E-state index is 0. The Balaban J connectivity index is 0.00000161. The van der Waals surface area contributed by atoms with E-state index < -0.39 is 0 Å². The molecule has 1 unspecified atom stereocenters. The van der Waals surface area contributed by atoms with Gasteiger partial charge in [-0.15, -0.1) is 23.7 Å². The number of carbonyl (C=O) groups excluding carboxylic acids is 1. The van der Waals surface area contributed by atoms with Gasteiger partial charge in [-0.3, -0.25) is 4.79 Å². The van der Waals surface area contributed by atoms with Crippen LogP contribution in [-0.4, -0.2) is 24.0 Å². The Morgan fingerprint density at radius 3 is 3.05 bits per heavy atom. The highest BCUT2D eigenvalue weighted by atomic mass is 35.5. The molecular weight excluding hydrogens is 306 g/mol. The van der Waals surface area contributed by atoms with Gasteiger partial charge in [-0.25, -0.2) is 4.98 Å². The predicted molar refractivity (Wildman–Crippen MR) is 87.3 cm³/mol. The fourth-order valence-electron chi connectivity index (χ4n) is 2.52. The van der Waals surface area contributed by atoms with Crippen molar-refractivity contribution in [3.8, 4) is 0 Å². The molecule has 2 heterocycles. The van der Waals surface area contributed by atoms with Crippen LogP contribution in [0.25, 0.3) is 0 Å². The van der Waals surface area contributed by atoms with Crippen LogP contribution >= 0.6 is 23.7 Å². The third-order valence-corrected chi connectivity index (χ3v) is 4.44. The van der Waals surface area contributed by atoms with Crippen LogP contribution in [0.3, 0.4) is 0 Å². The first kappa shape index (κ1) is 15.9. The highest BCUT2D eigenvalue weighted by Gasteiger charge is 2.20. The summed E-state index contributed by atoms with van der Waals surface area (Å²) in [6.07, 6.45) is 2.69. The average Bonchev–Trinajstić information content (AvgIpc) is 2.91. The summed E-state index contributed by atoms with van der Waals surface area (Å²) < 4.78 is 0. The lowest BCUT2D eigenvalue weighted by atomic mass is 9.94. The fourth-order valence-corrected chi connectivity index (χ4v) is 3.22. The quantitative estimate of drug-likeness (QED) is 0.912. The SMILES string of the molecule is Cc1ncc(C(=O)NCC2NCCc3ccccc32)s1.Cl. The van der Waals surface area contributed by atoms with Crippen LogP contribution in [0.4, 0.5) is 0 Å². The molecule has 1 atom stereocenters. The van der Waals surface area contributed by atoms with Crippen LogP contribution in [0.1, 0.15) is 31.8 Å². The molecule has 1 aromatic carbocycles. The molecule has 0 bridgehead atoms. The van der Waals surface area contributed by atoms with Crippen LogP contribution in [0.2, 0.25) is 0 Å². The highest BCUT2D eigenvalue weighted by Crippen LogP contribution is 2.22. The van der Waals surface area contributed by atoms with Gasteiger partial charge in [-0.2, -0.15) is 0 Å². The molecule has 21 heavy (non-hydrogen) atoms. The van der Waals surface area contributed by atoms with Crippen molar-refractivity contribution in [1.29, 1.82) is 0 Å². The number of aromatic nitrogens is 1. The zero-order valence-electron chi connectivity index (χ0n) is 11.8. The summed E-state index contributed by atoms with van der Waals surface area (Å²) in [5.41, 5.74) is 2.67. The first-order chi connectivity index (χ1) is 9.74. The predicted octanol–water partition coefficient (Wildman–Crippen LogP) is 2.49. The lowest BCUT2D eigenvalue weighted by molar-refractivity contribution is 0.0953. The number of rotatable bonds is 3. The standard InChI is InChI=1S/C15H17N3OS.ClH/c1-10-17-9-14(20-10)15(19)18-8-13-12-5-3-2-4-11(12)6-7-16-13;/h2-5,9,13,16H,6-8H2,1H3,(H,18,19);1H. The third kappa shape index (κ3) is 3.61. The second kappa shape index (κ2) is 7.02. The van der Waals surface area contributed by atoms with Crippen molar-refractivity contribution in [2.45, 2.75) is 19.4 Å². The van der Waals surface area contributed by atoms with E-state index in [9.17, 15) is 4.79 Å². The maximum Gasteiger partial charge on any atom is 0.263 e. The van der Waals surface area contributed by atoms with Crippen LogP contribution in [0.15, 0.2) is 30.5 Å². The van der Waals surface area contributed by atoms with Gasteiger partial charge in [-0.05, 0) is 31.0 Å². The topological polar surface area (TPSA) is 54.0 Å². The molecule has 2 N–H and O–H groups in total. The molecule has 1 aliphatic heterocycles. The Labute approximate surface area is 134 Å². The molecule has 3 rings (SSSR count). The maximum atomic E-state index is 12.0. The van der Waals surface area contributed by atoms with Gasteiger partial charge in [0.05, 0.1) is 11.2 Å². The Kier molecular flexibility index (Phi) is 5.33. The summed E-state index contributed by atoms with van der Waals surface area (Å²) in [5, 5.41) is 7.37. The Hall–Kier alpha value is -1.43. The van der Waals surface area contributed by atoms with Crippen molar-refractivity contribution in [2.75, 3.05) is 13.1 Å². The zero-order chi connectivity index (χ0) is 13.9. The van der Waals surface area contributed by atoms with Gasteiger partial charge in [0.2, 0.25) is 0 Å². The van der Waals surface area contributed by atoms with E-state index in [1.807, 2.05) is 13.0 Å². The van der Waals surface area contributed by atoms with Gasteiger partial charge in [-0.1, -0.05) is 24.3 Å². The number of hydrogen-bond donors (Lipinski definition) is 2. The number of thiazole rings is 1. The summed E-state index contributed by atoms with van der Waals surface area (Å²) in [5.74, 6) is -0.0412. The third-order valence-electron chi connectivity index (χ3n) is 3.53. The molecule has 0 saturated carbocycles. The van der Waals surface area contributed by atoms with Crippen LogP contribution in [-0.2, 0) is 6.42 Å². The average molecular weight is 324 g/mol. The molecule has 6 heteroatoms. The number of carbonyl (C=O) groups is 1. The molecule has 2 aromatic rings. The van der Waals surface area contributed by atoms with E-state index in [-0.39, 0.29) is 24.4 Å². The smallest absolute Gasteiger partial charge is 0.263 e. The summed E-state index contributed by atoms with van der Waals surface area (Å²) in [7, 11) is 0. The number of amides is 1. The largest absolute Gasteiger partial charge is 0.349 e. The number of hydrogen-bond acceptors (Lipinski definition) is 4. The molecule has 112 valence electrons. The van der Waals surface area contributed by atoms with E-state index in [2.05, 4.69) is 33.8 Å². The van der Waals surface area contributed by atoms with Crippen molar-refractivity contribution in [3.63, 3.8) is 0 Å². The second-order valence-electron chi connectivity index (χ2n) is 4.91. The maximum absolute atomic E-state index is 12.0. The molecule has 0 spiro atoms. The van der Waals surface area contributed by atoms with E-state index in [1.54, 1.807) is 6.20 Å². The molecule has 0 saturated heterocycles. The molecule has 0 fully saturated rings. The first-order valence-electron chi connectivity index (χ1n) is 6.76. The number of benzene rings is 1. The van der Waals surface area contributed by atoms with E-state index in [0.717, 1.165) is 18.0 Å². The monoisotopic (exact) mass is 323 g/mol. The van der Waals surface area contributed by atoms with Gasteiger partial charge < -0.3 is 10.6 Å². The molecule has 1 amide bonds. The molecule has 1 aromatic heterocycles. The zero-order valence-corrected chi connectivity index (χ0v) is 13.4. The molecular formula is C15H18ClN3OS. The summed E-state index contributed by atoms with van der Waals surface area (Å²) in [6.45, 7) is 3.46. The van der Waals surface area contributed by atoms with Crippen LogP contribution in [0.5, 0.6) is 0 Å². The molecule has 4 nitrogen and oxygen atoms in total. The Bertz CT molecular complexity index is 629. The number of nitrogens with zero attached hydrogens (tertiary/aromatic N) is 1. The van der Waals surface area contributed by atoms with Crippen molar-refractivity contribution in [2.24, 2.45) is 0 Å². The fraction of sp³-hybridized carbons (Fsp3) is 0.333. The number of aryl methyl sites for hydroxylation is 1. The van der Waals surface area contributed by atoms with E-state index in [1.165, 1.54) is 22.5 Å². The lowest BCUT2D eigenvalue weighted by Gasteiger charge is -2.27. The summed E-state index contributed by atoms with van der Waals surface area (Å²) >= 11 is 1.42. The van der Waals surface area contributed by atoms with Gasteiger partial charge >= 0.3 is 0 Å². The Morgan fingerprint density at radius 2 is 2.29 bits per heavy atom. The van der Waals surface area contributed by atoms with Gasteiger partial charge in [0.1, 0.15) is 4.88 Å². The van der Waals surface area contributed by atoms with E-state index >= 15 is 0 Å². The second-order valence-corrected chi connectivity index (χ2v) is 6.14. The van der Waals surface area contributed by atoms with Crippen LogP contribution < -0.4 is 10.6 Å². The normalized spacial score (nSPS) is 16.7. The van der Waals surface area contributed by atoms with Crippen molar-refractivity contribution in [3.05, 3.63) is 51.5 Å². The number of fused-ring (bicyclic) bond motifs is 1. The minimum atomic E-state index is -0.0412. The van der Waals surface area contributed by atoms with Gasteiger partial charge in [0.15, 0.2) is 0 Å². The number of halogens is 1. The number of nitrogens with one attached hydrogen (secondary N) is 2. The van der Waals surface area contributed by atoms with E-state index in [4.69, 9.17) is 0 Å². The molecule has 1 aliphatic rings. The van der Waals surface area contributed by atoms with Gasteiger partial charge in [0.25, 0.3) is 5.91 Å². The first-order valence-corrected chi connectivity index (χ1v) is 7.57. The van der Waals surface area contributed by atoms with Crippen LogP contribution in [0, 0.1) is 6.92 Å². The molecule has 0 radical (unpaired) electrons. The minimum Gasteiger partial charge on any atom is -0.349 e. The van der Waals surface area contributed by atoms with Crippen molar-refractivity contribution >= 4 is 29.7 Å². The van der Waals surface area contributed by atoms with Crippen molar-refractivity contribution < 1.29 is 4.79 Å². The van der Waals surface area contributed by atoms with Crippen molar-refractivity contribution in [1.82, 2.24) is 15.6 Å². The summed E-state index contributed by atoms with van der Waals surface area (Å²) in [4.78, 5) is 16.8. The lowest BCUT2D eigenvalue weighted by Crippen LogP contribution is -2.38. The summed E-state index contributed by atoms with van der Waals surface area (Å²) in [6, 6.07) is 8.61.